The molecule has 24 heavy (non-hydrogen) atoms. The maximum Gasteiger partial charge on any atom is 0.342 e. The van der Waals surface area contributed by atoms with Crippen molar-refractivity contribution in [1.82, 2.24) is 15.2 Å². The fourth-order valence-electron chi connectivity index (χ4n) is 2.45. The number of benzene rings is 1. The monoisotopic (exact) mass is 348 g/mol. The van der Waals surface area contributed by atoms with Gasteiger partial charge in [-0.05, 0) is 38.3 Å². The van der Waals surface area contributed by atoms with E-state index >= 15 is 0 Å². The summed E-state index contributed by atoms with van der Waals surface area (Å²) in [5, 5.41) is 8.38. The fraction of sp³-hybridized carbons (Fsp3) is 0.375. The molecule has 0 bridgehead atoms. The van der Waals surface area contributed by atoms with Crippen LogP contribution in [-0.4, -0.2) is 26.3 Å². The minimum Gasteiger partial charge on any atom is -0.325 e. The number of aromatic nitrogens is 3. The zero-order chi connectivity index (χ0) is 17.9. The summed E-state index contributed by atoms with van der Waals surface area (Å²) in [6.07, 6.45) is 0.515. The molecular formula is C16H20N4O3S. The summed E-state index contributed by atoms with van der Waals surface area (Å²) < 4.78 is 0. The van der Waals surface area contributed by atoms with Crippen LogP contribution in [0.15, 0.2) is 26.7 Å². The number of H-pyrrole nitrogens is 2. The average Bonchev–Trinajstić information content (AvgIpc) is 2.50. The van der Waals surface area contributed by atoms with Crippen LogP contribution >= 0.6 is 11.8 Å². The molecule has 7 nitrogen and oxygen atoms in total. The van der Waals surface area contributed by atoms with E-state index in [1.165, 1.54) is 0 Å². The van der Waals surface area contributed by atoms with Crippen LogP contribution in [0.25, 0.3) is 0 Å². The molecule has 0 aliphatic heterocycles. The van der Waals surface area contributed by atoms with Crippen molar-refractivity contribution in [3.05, 3.63) is 49.7 Å². The van der Waals surface area contributed by atoms with Gasteiger partial charge in [0.15, 0.2) is 5.03 Å². The molecule has 0 fully saturated rings. The van der Waals surface area contributed by atoms with E-state index in [0.29, 0.717) is 6.42 Å². The van der Waals surface area contributed by atoms with Crippen LogP contribution in [0.2, 0.25) is 0 Å². The number of aromatic amines is 2. The predicted molar refractivity (Wildman–Crippen MR) is 94.7 cm³/mol. The molecule has 0 spiro atoms. The van der Waals surface area contributed by atoms with Gasteiger partial charge in [-0.25, -0.2) is 9.89 Å². The molecule has 1 amide bonds. The third-order valence-corrected chi connectivity index (χ3v) is 4.85. The number of amides is 1. The molecule has 1 aromatic carbocycles. The van der Waals surface area contributed by atoms with Crippen molar-refractivity contribution in [2.24, 2.45) is 0 Å². The lowest BCUT2D eigenvalue weighted by molar-refractivity contribution is -0.115. The highest BCUT2D eigenvalue weighted by molar-refractivity contribution is 8.00. The van der Waals surface area contributed by atoms with Crippen molar-refractivity contribution >= 4 is 23.4 Å². The van der Waals surface area contributed by atoms with Crippen LogP contribution < -0.4 is 16.6 Å². The predicted octanol–water partition coefficient (Wildman–Crippen LogP) is 1.89. The van der Waals surface area contributed by atoms with Crippen molar-refractivity contribution in [2.75, 3.05) is 5.32 Å². The third-order valence-electron chi connectivity index (χ3n) is 3.52. The number of hydrogen-bond donors (Lipinski definition) is 3. The van der Waals surface area contributed by atoms with Gasteiger partial charge >= 0.3 is 5.69 Å². The molecule has 128 valence electrons. The van der Waals surface area contributed by atoms with Gasteiger partial charge in [-0.3, -0.25) is 14.6 Å². The first-order chi connectivity index (χ1) is 11.3. The van der Waals surface area contributed by atoms with Gasteiger partial charge in [-0.1, -0.05) is 36.4 Å². The number of hydrogen-bond acceptors (Lipinski definition) is 5. The van der Waals surface area contributed by atoms with Crippen LogP contribution in [0.4, 0.5) is 5.69 Å². The van der Waals surface area contributed by atoms with Crippen LogP contribution in [-0.2, 0) is 4.79 Å². The molecule has 3 N–H and O–H groups in total. The second-order valence-corrected chi connectivity index (χ2v) is 6.78. The molecular weight excluding hydrogens is 328 g/mol. The zero-order valence-corrected chi connectivity index (χ0v) is 14.8. The van der Waals surface area contributed by atoms with E-state index in [-0.39, 0.29) is 10.9 Å². The van der Waals surface area contributed by atoms with E-state index in [4.69, 9.17) is 0 Å². The van der Waals surface area contributed by atoms with Crippen LogP contribution in [0.1, 0.15) is 30.0 Å². The van der Waals surface area contributed by atoms with E-state index in [0.717, 1.165) is 34.1 Å². The van der Waals surface area contributed by atoms with Gasteiger partial charge in [0.25, 0.3) is 5.56 Å². The van der Waals surface area contributed by atoms with Crippen LogP contribution in [0.3, 0.4) is 0 Å². The van der Waals surface area contributed by atoms with Gasteiger partial charge in [0, 0.05) is 5.69 Å². The summed E-state index contributed by atoms with van der Waals surface area (Å²) in [6.45, 7) is 7.74. The fourth-order valence-corrected chi connectivity index (χ4v) is 3.31. The van der Waals surface area contributed by atoms with E-state index < -0.39 is 16.5 Å². The summed E-state index contributed by atoms with van der Waals surface area (Å²) in [6, 6.07) is 4.01. The van der Waals surface area contributed by atoms with Crippen molar-refractivity contribution in [1.29, 1.82) is 0 Å². The second-order valence-electron chi connectivity index (χ2n) is 5.59. The first kappa shape index (κ1) is 18.0. The summed E-state index contributed by atoms with van der Waals surface area (Å²) >= 11 is 1.03. The standard InChI is InChI=1S/C16H20N4O3S/c1-5-11(24-15-14(22)18-16(23)20-19-15)13(21)17-12-9(3)6-8(2)7-10(12)4/h6-7,11H,5H2,1-4H3,(H,17,21)(H2,18,20,22,23)/t11-/m1/s1. The largest absolute Gasteiger partial charge is 0.342 e. The first-order valence-electron chi connectivity index (χ1n) is 7.56. The van der Waals surface area contributed by atoms with Gasteiger partial charge in [0.05, 0.1) is 5.25 Å². The first-order valence-corrected chi connectivity index (χ1v) is 8.44. The molecule has 2 rings (SSSR count). The highest BCUT2D eigenvalue weighted by Gasteiger charge is 2.21. The maximum atomic E-state index is 12.6. The summed E-state index contributed by atoms with van der Waals surface area (Å²) in [4.78, 5) is 37.4. The van der Waals surface area contributed by atoms with Gasteiger partial charge < -0.3 is 5.32 Å². The number of thioether (sulfide) groups is 1. The van der Waals surface area contributed by atoms with Gasteiger partial charge in [0.1, 0.15) is 0 Å². The smallest absolute Gasteiger partial charge is 0.325 e. The van der Waals surface area contributed by atoms with E-state index in [9.17, 15) is 14.4 Å². The Labute approximate surface area is 143 Å². The van der Waals surface area contributed by atoms with Crippen molar-refractivity contribution in [2.45, 2.75) is 44.4 Å². The summed E-state index contributed by atoms with van der Waals surface area (Å²) in [7, 11) is 0. The Kier molecular flexibility index (Phi) is 5.61. The average molecular weight is 348 g/mol. The normalized spacial score (nSPS) is 12.0. The van der Waals surface area contributed by atoms with Gasteiger partial charge in [-0.2, -0.15) is 5.10 Å². The number of carbonyl (C=O) groups excluding carboxylic acids is 1. The zero-order valence-electron chi connectivity index (χ0n) is 14.0. The van der Waals surface area contributed by atoms with Gasteiger partial charge in [-0.15, -0.1) is 0 Å². The Bertz CT molecular complexity index is 849. The van der Waals surface area contributed by atoms with Crippen molar-refractivity contribution < 1.29 is 4.79 Å². The SMILES string of the molecule is CC[C@@H](Sc1n[nH]c(=O)[nH]c1=O)C(=O)Nc1c(C)cc(C)cc1C. The highest BCUT2D eigenvalue weighted by atomic mass is 32.2. The number of rotatable bonds is 5. The molecule has 2 aromatic rings. The molecule has 8 heteroatoms. The molecule has 1 aromatic heterocycles. The molecule has 1 heterocycles. The molecule has 0 saturated carbocycles. The minimum absolute atomic E-state index is 0.0638. The minimum atomic E-state index is -0.673. The molecule has 0 unspecified atom stereocenters. The number of nitrogens with zero attached hydrogens (tertiary/aromatic N) is 1. The Morgan fingerprint density at radius 2 is 1.88 bits per heavy atom. The van der Waals surface area contributed by atoms with E-state index in [1.807, 2.05) is 39.8 Å². The molecule has 0 aliphatic rings. The summed E-state index contributed by atoms with van der Waals surface area (Å²) in [5.74, 6) is -0.204. The van der Waals surface area contributed by atoms with Crippen LogP contribution in [0, 0.1) is 20.8 Å². The Morgan fingerprint density at radius 1 is 1.25 bits per heavy atom. The number of nitrogens with one attached hydrogen (secondary N) is 3. The van der Waals surface area contributed by atoms with E-state index in [2.05, 4.69) is 20.5 Å². The van der Waals surface area contributed by atoms with Crippen LogP contribution in [0.5, 0.6) is 0 Å². The van der Waals surface area contributed by atoms with Crippen molar-refractivity contribution in [3.63, 3.8) is 0 Å². The van der Waals surface area contributed by atoms with E-state index in [1.54, 1.807) is 0 Å². The van der Waals surface area contributed by atoms with Gasteiger partial charge in [0.2, 0.25) is 5.91 Å². The lowest BCUT2D eigenvalue weighted by atomic mass is 10.0. The molecule has 0 radical (unpaired) electrons. The quantitative estimate of drug-likeness (QED) is 0.715. The lowest BCUT2D eigenvalue weighted by Gasteiger charge is -2.17. The van der Waals surface area contributed by atoms with Crippen molar-refractivity contribution in [3.8, 4) is 0 Å². The second kappa shape index (κ2) is 7.48. The third kappa shape index (κ3) is 4.14. The Hall–Kier alpha value is -2.35. The number of anilines is 1. The number of carbonyl (C=O) groups is 1. The molecule has 0 saturated heterocycles. The topological polar surface area (TPSA) is 108 Å². The Balaban J connectivity index is 2.20. The number of aryl methyl sites for hydroxylation is 3. The maximum absolute atomic E-state index is 12.6. The highest BCUT2D eigenvalue weighted by Crippen LogP contribution is 2.25. The molecule has 0 aliphatic carbocycles. The molecule has 1 atom stereocenters. The lowest BCUT2D eigenvalue weighted by Crippen LogP contribution is -2.29. The summed E-state index contributed by atoms with van der Waals surface area (Å²) in [5.41, 5.74) is 2.62. The Morgan fingerprint density at radius 3 is 2.42 bits per heavy atom.